The van der Waals surface area contributed by atoms with Crippen LogP contribution in [0.4, 0.5) is 5.82 Å². The fourth-order valence-corrected chi connectivity index (χ4v) is 1.96. The summed E-state index contributed by atoms with van der Waals surface area (Å²) >= 11 is 5.61. The van der Waals surface area contributed by atoms with Gasteiger partial charge in [-0.2, -0.15) is 10.1 Å². The maximum absolute atomic E-state index is 9.74. The van der Waals surface area contributed by atoms with Crippen molar-refractivity contribution in [2.45, 2.75) is 37.8 Å². The molecule has 0 radical (unpaired) electrons. The molecule has 0 aliphatic heterocycles. The topological polar surface area (TPSA) is 70.9 Å². The van der Waals surface area contributed by atoms with Crippen LogP contribution in [0.3, 0.4) is 0 Å². The van der Waals surface area contributed by atoms with Crippen LogP contribution in [0.15, 0.2) is 6.20 Å². The molecule has 0 saturated heterocycles. The number of nitrogens with zero attached hydrogens (tertiary/aromatic N) is 3. The van der Waals surface area contributed by atoms with Crippen molar-refractivity contribution >= 4 is 17.4 Å². The lowest BCUT2D eigenvalue weighted by Gasteiger charge is -2.28. The van der Waals surface area contributed by atoms with Gasteiger partial charge in [0.05, 0.1) is 18.3 Å². The molecule has 15 heavy (non-hydrogen) atoms. The first-order valence-electron chi connectivity index (χ1n) is 5.05. The maximum atomic E-state index is 9.74. The Balaban J connectivity index is 2.01. The molecule has 2 N–H and O–H groups in total. The number of aromatic nitrogens is 3. The van der Waals surface area contributed by atoms with E-state index >= 15 is 0 Å². The second kappa shape index (κ2) is 4.72. The summed E-state index contributed by atoms with van der Waals surface area (Å²) in [6.07, 6.45) is 5.19. The lowest BCUT2D eigenvalue weighted by molar-refractivity contribution is 0.116. The standard InChI is InChI=1S/C9H13ClN4O/c10-9-13-8(5-11-14-9)12-6-3-1-2-4-7(6)15/h5-7,15H,1-4H2,(H,12,13,14). The molecule has 82 valence electrons. The summed E-state index contributed by atoms with van der Waals surface area (Å²) in [4.78, 5) is 3.97. The van der Waals surface area contributed by atoms with Crippen molar-refractivity contribution in [2.75, 3.05) is 5.32 Å². The first-order chi connectivity index (χ1) is 7.25. The van der Waals surface area contributed by atoms with Gasteiger partial charge in [-0.25, -0.2) is 0 Å². The van der Waals surface area contributed by atoms with Crippen molar-refractivity contribution in [1.82, 2.24) is 15.2 Å². The van der Waals surface area contributed by atoms with Crippen molar-refractivity contribution < 1.29 is 5.11 Å². The molecule has 0 spiro atoms. The third-order valence-electron chi connectivity index (χ3n) is 2.60. The third kappa shape index (κ3) is 2.76. The molecular formula is C9H13ClN4O. The van der Waals surface area contributed by atoms with E-state index in [-0.39, 0.29) is 17.4 Å². The van der Waals surface area contributed by atoms with Gasteiger partial charge in [0, 0.05) is 0 Å². The second-order valence-electron chi connectivity index (χ2n) is 3.71. The molecule has 0 amide bonds. The minimum atomic E-state index is -0.313. The van der Waals surface area contributed by atoms with E-state index in [0.717, 1.165) is 25.7 Å². The quantitative estimate of drug-likeness (QED) is 0.797. The number of halogens is 1. The minimum Gasteiger partial charge on any atom is -0.391 e. The zero-order valence-corrected chi connectivity index (χ0v) is 8.98. The Hall–Kier alpha value is -0.940. The summed E-state index contributed by atoms with van der Waals surface area (Å²) in [6, 6.07) is 0.0477. The van der Waals surface area contributed by atoms with Crippen LogP contribution in [0.5, 0.6) is 0 Å². The lowest BCUT2D eigenvalue weighted by Crippen LogP contribution is -2.36. The van der Waals surface area contributed by atoms with Crippen LogP contribution < -0.4 is 5.32 Å². The SMILES string of the molecule is OC1CCCCC1Nc1cnnc(Cl)n1. The van der Waals surface area contributed by atoms with E-state index in [2.05, 4.69) is 20.5 Å². The maximum Gasteiger partial charge on any atom is 0.244 e. The number of hydrogen-bond donors (Lipinski definition) is 2. The fraction of sp³-hybridized carbons (Fsp3) is 0.667. The summed E-state index contributed by atoms with van der Waals surface area (Å²) in [7, 11) is 0. The van der Waals surface area contributed by atoms with Crippen LogP contribution in [0.2, 0.25) is 5.28 Å². The van der Waals surface area contributed by atoms with Crippen molar-refractivity contribution in [3.8, 4) is 0 Å². The van der Waals surface area contributed by atoms with Crippen LogP contribution in [-0.4, -0.2) is 32.4 Å². The van der Waals surface area contributed by atoms with Gasteiger partial charge in [0.25, 0.3) is 0 Å². The largest absolute Gasteiger partial charge is 0.391 e. The van der Waals surface area contributed by atoms with Crippen molar-refractivity contribution in [3.05, 3.63) is 11.5 Å². The zero-order chi connectivity index (χ0) is 10.7. The van der Waals surface area contributed by atoms with E-state index < -0.39 is 0 Å². The summed E-state index contributed by atoms with van der Waals surface area (Å²) in [5, 5.41) is 20.2. The Labute approximate surface area is 92.9 Å². The molecule has 1 heterocycles. The minimum absolute atomic E-state index is 0.0477. The first-order valence-corrected chi connectivity index (χ1v) is 5.43. The van der Waals surface area contributed by atoms with Gasteiger partial charge in [-0.15, -0.1) is 5.10 Å². The highest BCUT2D eigenvalue weighted by Crippen LogP contribution is 2.21. The average molecular weight is 229 g/mol. The predicted molar refractivity (Wildman–Crippen MR) is 56.7 cm³/mol. The smallest absolute Gasteiger partial charge is 0.244 e. The molecule has 1 fully saturated rings. The van der Waals surface area contributed by atoms with Crippen LogP contribution in [0.1, 0.15) is 25.7 Å². The number of nitrogens with one attached hydrogen (secondary N) is 1. The highest BCUT2D eigenvalue weighted by atomic mass is 35.5. The van der Waals surface area contributed by atoms with Gasteiger partial charge in [0.2, 0.25) is 5.28 Å². The molecule has 1 aromatic rings. The summed E-state index contributed by atoms with van der Waals surface area (Å²) < 4.78 is 0. The molecule has 2 atom stereocenters. The van der Waals surface area contributed by atoms with Gasteiger partial charge in [-0.3, -0.25) is 0 Å². The molecule has 6 heteroatoms. The number of aliphatic hydroxyl groups excluding tert-OH is 1. The number of rotatable bonds is 2. The highest BCUT2D eigenvalue weighted by molar-refractivity contribution is 6.28. The molecule has 1 saturated carbocycles. The van der Waals surface area contributed by atoms with Gasteiger partial charge in [-0.05, 0) is 24.4 Å². The third-order valence-corrected chi connectivity index (χ3v) is 2.76. The van der Waals surface area contributed by atoms with Crippen LogP contribution in [0.25, 0.3) is 0 Å². The van der Waals surface area contributed by atoms with Gasteiger partial charge < -0.3 is 10.4 Å². The zero-order valence-electron chi connectivity index (χ0n) is 8.23. The van der Waals surface area contributed by atoms with Crippen molar-refractivity contribution in [3.63, 3.8) is 0 Å². The Bertz CT molecular complexity index is 336. The first kappa shape index (κ1) is 10.6. The Morgan fingerprint density at radius 3 is 2.93 bits per heavy atom. The van der Waals surface area contributed by atoms with E-state index in [1.54, 1.807) is 0 Å². The van der Waals surface area contributed by atoms with E-state index in [4.69, 9.17) is 11.6 Å². The van der Waals surface area contributed by atoms with Crippen LogP contribution in [0, 0.1) is 0 Å². The fourth-order valence-electron chi connectivity index (χ4n) is 1.82. The molecule has 0 bridgehead atoms. The monoisotopic (exact) mass is 228 g/mol. The molecule has 1 aromatic heterocycles. The van der Waals surface area contributed by atoms with E-state index in [9.17, 15) is 5.11 Å². The Morgan fingerprint density at radius 1 is 1.40 bits per heavy atom. The predicted octanol–water partition coefficient (Wildman–Crippen LogP) is 1.24. The van der Waals surface area contributed by atoms with Crippen molar-refractivity contribution in [1.29, 1.82) is 0 Å². The second-order valence-corrected chi connectivity index (χ2v) is 4.05. The number of aliphatic hydroxyl groups is 1. The van der Waals surface area contributed by atoms with Gasteiger partial charge in [-0.1, -0.05) is 12.8 Å². The van der Waals surface area contributed by atoms with Crippen LogP contribution in [-0.2, 0) is 0 Å². The van der Waals surface area contributed by atoms with E-state index in [0.29, 0.717) is 5.82 Å². The average Bonchev–Trinajstić information content (AvgIpc) is 2.22. The van der Waals surface area contributed by atoms with E-state index in [1.165, 1.54) is 6.20 Å². The highest BCUT2D eigenvalue weighted by Gasteiger charge is 2.23. The molecule has 2 rings (SSSR count). The van der Waals surface area contributed by atoms with E-state index in [1.807, 2.05) is 0 Å². The summed E-state index contributed by atoms with van der Waals surface area (Å²) in [6.45, 7) is 0. The number of hydrogen-bond acceptors (Lipinski definition) is 5. The lowest BCUT2D eigenvalue weighted by atomic mass is 9.93. The van der Waals surface area contributed by atoms with Gasteiger partial charge in [0.1, 0.15) is 5.82 Å². The summed E-state index contributed by atoms with van der Waals surface area (Å²) in [5.41, 5.74) is 0. The molecule has 2 unspecified atom stereocenters. The number of anilines is 1. The Morgan fingerprint density at radius 2 is 2.20 bits per heavy atom. The van der Waals surface area contributed by atoms with Gasteiger partial charge >= 0.3 is 0 Å². The molecule has 1 aliphatic rings. The van der Waals surface area contributed by atoms with Gasteiger partial charge in [0.15, 0.2) is 0 Å². The van der Waals surface area contributed by atoms with Crippen molar-refractivity contribution in [2.24, 2.45) is 0 Å². The summed E-state index contributed by atoms with van der Waals surface area (Å²) in [5.74, 6) is 0.570. The molecular weight excluding hydrogens is 216 g/mol. The molecule has 1 aliphatic carbocycles. The molecule has 0 aromatic carbocycles. The molecule has 5 nitrogen and oxygen atoms in total. The Kier molecular flexibility index (Phi) is 3.33. The normalized spacial score (nSPS) is 26.3. The van der Waals surface area contributed by atoms with Crippen LogP contribution >= 0.6 is 11.6 Å².